The molecule has 0 aliphatic rings. The standard InChI is InChI=1S/C27H32FN5O2/c1-26(2,16-35-5)25-24(18-13-31-32(14-18)27(3,4)15-34)21-11-22(30)17(12-29)10-23(21)33(25)20-8-6-19(28)7-9-20/h6-14,29,34H,15-16,30H2,1-5H3. The number of halogens is 1. The maximum atomic E-state index is 13.9. The smallest absolute Gasteiger partial charge is 0.123 e. The van der Waals surface area contributed by atoms with Gasteiger partial charge in [0.2, 0.25) is 0 Å². The number of aliphatic hydroxyl groups excluding tert-OH is 1. The van der Waals surface area contributed by atoms with Gasteiger partial charge in [0.1, 0.15) is 5.82 Å². The van der Waals surface area contributed by atoms with Gasteiger partial charge >= 0.3 is 0 Å². The first kappa shape index (κ1) is 24.6. The molecule has 0 unspecified atom stereocenters. The van der Waals surface area contributed by atoms with Crippen molar-refractivity contribution >= 4 is 22.8 Å². The largest absolute Gasteiger partial charge is 0.398 e. The molecule has 0 spiro atoms. The number of ether oxygens (including phenoxy) is 1. The van der Waals surface area contributed by atoms with Gasteiger partial charge in [0.15, 0.2) is 0 Å². The summed E-state index contributed by atoms with van der Waals surface area (Å²) in [7, 11) is 1.67. The Balaban J connectivity index is 2.17. The molecule has 0 saturated heterocycles. The number of rotatable bonds is 8. The van der Waals surface area contributed by atoms with Gasteiger partial charge in [0.25, 0.3) is 0 Å². The highest BCUT2D eigenvalue weighted by atomic mass is 19.1. The lowest BCUT2D eigenvalue weighted by Crippen LogP contribution is -2.30. The predicted molar refractivity (Wildman–Crippen MR) is 138 cm³/mol. The van der Waals surface area contributed by atoms with Gasteiger partial charge in [0.05, 0.1) is 30.5 Å². The summed E-state index contributed by atoms with van der Waals surface area (Å²) in [4.78, 5) is 0. The molecule has 2 aromatic heterocycles. The van der Waals surface area contributed by atoms with Crippen LogP contribution in [-0.4, -0.2) is 46.0 Å². The molecule has 7 nitrogen and oxygen atoms in total. The topological polar surface area (TPSA) is 102 Å². The fourth-order valence-corrected chi connectivity index (χ4v) is 4.57. The molecule has 4 aromatic rings. The number of nitrogens with zero attached hydrogens (tertiary/aromatic N) is 3. The number of benzene rings is 2. The van der Waals surface area contributed by atoms with E-state index in [1.165, 1.54) is 18.3 Å². The number of aliphatic hydroxyl groups is 1. The first-order valence-electron chi connectivity index (χ1n) is 11.4. The van der Waals surface area contributed by atoms with Crippen molar-refractivity contribution in [2.45, 2.75) is 38.6 Å². The summed E-state index contributed by atoms with van der Waals surface area (Å²) in [6, 6.07) is 10.1. The van der Waals surface area contributed by atoms with Crippen LogP contribution in [0, 0.1) is 11.2 Å². The van der Waals surface area contributed by atoms with E-state index in [9.17, 15) is 9.50 Å². The van der Waals surface area contributed by atoms with Gasteiger partial charge in [-0.15, -0.1) is 0 Å². The third kappa shape index (κ3) is 4.24. The van der Waals surface area contributed by atoms with Gasteiger partial charge in [-0.3, -0.25) is 4.68 Å². The maximum absolute atomic E-state index is 13.9. The Morgan fingerprint density at radius 1 is 1.17 bits per heavy atom. The van der Waals surface area contributed by atoms with Crippen LogP contribution < -0.4 is 5.73 Å². The van der Waals surface area contributed by atoms with Crippen molar-refractivity contribution in [3.63, 3.8) is 0 Å². The van der Waals surface area contributed by atoms with Gasteiger partial charge in [-0.25, -0.2) is 4.39 Å². The highest BCUT2D eigenvalue weighted by molar-refractivity contribution is 6.04. The van der Waals surface area contributed by atoms with Gasteiger partial charge in [-0.05, 0) is 50.2 Å². The third-order valence-corrected chi connectivity index (χ3v) is 6.44. The molecule has 0 aliphatic carbocycles. The summed E-state index contributed by atoms with van der Waals surface area (Å²) in [5.74, 6) is -0.319. The van der Waals surface area contributed by atoms with Gasteiger partial charge in [-0.2, -0.15) is 5.10 Å². The lowest BCUT2D eigenvalue weighted by Gasteiger charge is -2.28. The van der Waals surface area contributed by atoms with Crippen LogP contribution in [0.25, 0.3) is 27.7 Å². The Bertz CT molecular complexity index is 1380. The predicted octanol–water partition coefficient (Wildman–Crippen LogP) is 4.86. The normalized spacial score (nSPS) is 12.4. The fourth-order valence-electron chi connectivity index (χ4n) is 4.57. The van der Waals surface area contributed by atoms with E-state index in [-0.39, 0.29) is 12.4 Å². The fraction of sp³-hybridized carbons (Fsp3) is 0.333. The second kappa shape index (κ2) is 8.94. The molecule has 2 aromatic carbocycles. The summed E-state index contributed by atoms with van der Waals surface area (Å²) in [6.45, 7) is 8.38. The summed E-state index contributed by atoms with van der Waals surface area (Å²) in [5.41, 5.74) is 10.7. The van der Waals surface area contributed by atoms with Crippen LogP contribution in [0.3, 0.4) is 0 Å². The molecule has 8 heteroatoms. The lowest BCUT2D eigenvalue weighted by molar-refractivity contribution is 0.144. The minimum atomic E-state index is -0.581. The van der Waals surface area contributed by atoms with E-state index in [4.69, 9.17) is 15.9 Å². The molecule has 4 rings (SSSR count). The summed E-state index contributed by atoms with van der Waals surface area (Å²) in [6.07, 6.45) is 4.94. The zero-order chi connectivity index (χ0) is 25.5. The number of nitrogens with two attached hydrogens (primary N) is 1. The van der Waals surface area contributed by atoms with Crippen molar-refractivity contribution in [1.29, 1.82) is 5.41 Å². The van der Waals surface area contributed by atoms with E-state index in [2.05, 4.69) is 23.5 Å². The molecular weight excluding hydrogens is 445 g/mol. The van der Waals surface area contributed by atoms with E-state index < -0.39 is 11.0 Å². The Morgan fingerprint density at radius 2 is 1.86 bits per heavy atom. The van der Waals surface area contributed by atoms with Crippen molar-refractivity contribution in [2.24, 2.45) is 0 Å². The van der Waals surface area contributed by atoms with Crippen molar-refractivity contribution in [1.82, 2.24) is 14.3 Å². The molecular formula is C27H32FN5O2. The van der Waals surface area contributed by atoms with Crippen molar-refractivity contribution < 1.29 is 14.2 Å². The van der Waals surface area contributed by atoms with E-state index in [0.29, 0.717) is 17.9 Å². The number of anilines is 1. The second-order valence-electron chi connectivity index (χ2n) is 10.1. The summed E-state index contributed by atoms with van der Waals surface area (Å²) >= 11 is 0. The van der Waals surface area contributed by atoms with Crippen molar-refractivity contribution in [2.75, 3.05) is 26.1 Å². The molecule has 2 heterocycles. The van der Waals surface area contributed by atoms with Gasteiger partial charge in [0, 0.05) is 64.1 Å². The van der Waals surface area contributed by atoms with Crippen LogP contribution in [0.4, 0.5) is 10.1 Å². The highest BCUT2D eigenvalue weighted by Gasteiger charge is 2.33. The van der Waals surface area contributed by atoms with E-state index in [1.54, 1.807) is 30.1 Å². The van der Waals surface area contributed by atoms with Crippen LogP contribution in [0.1, 0.15) is 39.0 Å². The van der Waals surface area contributed by atoms with Crippen LogP contribution in [0.15, 0.2) is 48.8 Å². The first-order valence-corrected chi connectivity index (χ1v) is 11.4. The Labute approximate surface area is 204 Å². The number of hydrogen-bond donors (Lipinski definition) is 3. The summed E-state index contributed by atoms with van der Waals surface area (Å²) < 4.78 is 23.3. The number of fused-ring (bicyclic) bond motifs is 1. The SMILES string of the molecule is COCC(C)(C)c1c(-c2cnn(C(C)(C)CO)c2)c2cc(N)c(C=N)cc2n1-c1ccc(F)cc1. The number of aromatic nitrogens is 3. The molecule has 0 aliphatic heterocycles. The quantitative estimate of drug-likeness (QED) is 0.249. The Morgan fingerprint density at radius 3 is 2.46 bits per heavy atom. The molecule has 0 fully saturated rings. The minimum absolute atomic E-state index is 0.0663. The average molecular weight is 478 g/mol. The number of nitrogens with one attached hydrogen (secondary N) is 1. The third-order valence-electron chi connectivity index (χ3n) is 6.44. The minimum Gasteiger partial charge on any atom is -0.398 e. The van der Waals surface area contributed by atoms with E-state index in [0.717, 1.165) is 33.4 Å². The van der Waals surface area contributed by atoms with Crippen LogP contribution in [-0.2, 0) is 15.7 Å². The van der Waals surface area contributed by atoms with Crippen molar-refractivity contribution in [3.05, 3.63) is 65.9 Å². The maximum Gasteiger partial charge on any atom is 0.123 e. The number of hydrogen-bond acceptors (Lipinski definition) is 5. The Kier molecular flexibility index (Phi) is 6.29. The molecule has 0 bridgehead atoms. The molecule has 0 saturated carbocycles. The molecule has 0 radical (unpaired) electrons. The zero-order valence-electron chi connectivity index (χ0n) is 20.8. The van der Waals surface area contributed by atoms with Gasteiger partial charge in [-0.1, -0.05) is 13.8 Å². The van der Waals surface area contributed by atoms with Gasteiger partial charge < -0.3 is 25.6 Å². The van der Waals surface area contributed by atoms with Crippen LogP contribution in [0.2, 0.25) is 0 Å². The zero-order valence-corrected chi connectivity index (χ0v) is 20.8. The van der Waals surface area contributed by atoms with E-state index in [1.807, 2.05) is 32.2 Å². The monoisotopic (exact) mass is 477 g/mol. The second-order valence-corrected chi connectivity index (χ2v) is 10.1. The molecule has 4 N–H and O–H groups in total. The lowest BCUT2D eigenvalue weighted by atomic mass is 9.85. The molecule has 35 heavy (non-hydrogen) atoms. The number of nitrogen functional groups attached to an aromatic ring is 1. The highest BCUT2D eigenvalue weighted by Crippen LogP contribution is 2.44. The number of methoxy groups -OCH3 is 1. The molecule has 0 amide bonds. The van der Waals surface area contributed by atoms with E-state index >= 15 is 0 Å². The van der Waals surface area contributed by atoms with Crippen molar-refractivity contribution in [3.8, 4) is 16.8 Å². The summed E-state index contributed by atoms with van der Waals surface area (Å²) in [5, 5.41) is 23.2. The Hall–Kier alpha value is -3.49. The van der Waals surface area contributed by atoms with Crippen LogP contribution in [0.5, 0.6) is 0 Å². The van der Waals surface area contributed by atoms with Crippen LogP contribution >= 0.6 is 0 Å². The first-order chi connectivity index (χ1) is 16.5. The molecule has 184 valence electrons. The molecule has 0 atom stereocenters. The average Bonchev–Trinajstić information content (AvgIpc) is 3.42.